The Balaban J connectivity index is 2.22. The maximum Gasteiger partial charge on any atom is 0.343 e. The van der Waals surface area contributed by atoms with Crippen LogP contribution in [0.25, 0.3) is 0 Å². The predicted octanol–water partition coefficient (Wildman–Crippen LogP) is 0.891. The molecule has 0 spiro atoms. The van der Waals surface area contributed by atoms with Crippen molar-refractivity contribution in [2.24, 2.45) is 5.92 Å². The number of carbonyl (C=O) groups is 2. The molecule has 0 aromatic heterocycles. The fourth-order valence-electron chi connectivity index (χ4n) is 1.03. The lowest BCUT2D eigenvalue weighted by Gasteiger charge is -2.08. The molecule has 0 aromatic rings. The number of cyclic esters (lactones) is 2. The van der Waals surface area contributed by atoms with Crippen LogP contribution < -0.4 is 0 Å². The van der Waals surface area contributed by atoms with Gasteiger partial charge in [-0.3, -0.25) is 4.79 Å². The van der Waals surface area contributed by atoms with E-state index >= 15 is 0 Å². The lowest BCUT2D eigenvalue weighted by atomic mass is 10.1. The first-order valence-corrected chi connectivity index (χ1v) is 4.45. The van der Waals surface area contributed by atoms with Gasteiger partial charge in [-0.25, -0.2) is 4.79 Å². The number of hydrogen-bond acceptors (Lipinski definition) is 4. The Morgan fingerprint density at radius 1 is 1.54 bits per heavy atom. The molecule has 0 aromatic carbocycles. The second-order valence-electron chi connectivity index (χ2n) is 3.54. The Hall–Kier alpha value is -0.900. The summed E-state index contributed by atoms with van der Waals surface area (Å²) >= 11 is 0. The van der Waals surface area contributed by atoms with E-state index in [0.717, 1.165) is 6.42 Å². The monoisotopic (exact) mass is 186 g/mol. The van der Waals surface area contributed by atoms with E-state index in [1.165, 1.54) is 0 Å². The minimum Gasteiger partial charge on any atom is -0.391 e. The molecular weight excluding hydrogens is 172 g/mol. The predicted molar refractivity (Wildman–Crippen MR) is 44.9 cm³/mol. The minimum absolute atomic E-state index is 0.0664. The van der Waals surface area contributed by atoms with Gasteiger partial charge in [-0.05, 0) is 12.3 Å². The van der Waals surface area contributed by atoms with E-state index in [9.17, 15) is 9.59 Å². The van der Waals surface area contributed by atoms with Gasteiger partial charge in [0.2, 0.25) is 0 Å². The third-order valence-corrected chi connectivity index (χ3v) is 1.84. The molecule has 0 bridgehead atoms. The lowest BCUT2D eigenvalue weighted by Crippen LogP contribution is -2.19. The van der Waals surface area contributed by atoms with Crippen molar-refractivity contribution in [1.82, 2.24) is 0 Å². The quantitative estimate of drug-likeness (QED) is 0.483. The first-order valence-electron chi connectivity index (χ1n) is 4.45. The van der Waals surface area contributed by atoms with E-state index in [-0.39, 0.29) is 6.42 Å². The molecule has 13 heavy (non-hydrogen) atoms. The van der Waals surface area contributed by atoms with E-state index in [1.807, 2.05) is 0 Å². The SMILES string of the molecule is CC(C)CCOC1CC(=O)OC1=O. The maximum atomic E-state index is 10.9. The zero-order valence-electron chi connectivity index (χ0n) is 7.91. The van der Waals surface area contributed by atoms with Crippen LogP contribution in [0.5, 0.6) is 0 Å². The van der Waals surface area contributed by atoms with Gasteiger partial charge in [0, 0.05) is 6.61 Å². The van der Waals surface area contributed by atoms with E-state index in [4.69, 9.17) is 4.74 Å². The molecular formula is C9H14O4. The molecule has 0 aliphatic carbocycles. The maximum absolute atomic E-state index is 10.9. The summed E-state index contributed by atoms with van der Waals surface area (Å²) in [7, 11) is 0. The van der Waals surface area contributed by atoms with E-state index in [1.54, 1.807) is 0 Å². The zero-order chi connectivity index (χ0) is 9.84. The van der Waals surface area contributed by atoms with Crippen molar-refractivity contribution in [1.29, 1.82) is 0 Å². The Morgan fingerprint density at radius 3 is 2.69 bits per heavy atom. The number of rotatable bonds is 4. The molecule has 0 saturated carbocycles. The molecule has 0 amide bonds. The highest BCUT2D eigenvalue weighted by Gasteiger charge is 2.33. The highest BCUT2D eigenvalue weighted by atomic mass is 16.6. The summed E-state index contributed by atoms with van der Waals surface area (Å²) in [5, 5.41) is 0. The summed E-state index contributed by atoms with van der Waals surface area (Å²) in [6.45, 7) is 4.65. The molecule has 0 N–H and O–H groups in total. The Morgan fingerprint density at radius 2 is 2.23 bits per heavy atom. The van der Waals surface area contributed by atoms with Gasteiger partial charge in [0.1, 0.15) is 0 Å². The average molecular weight is 186 g/mol. The largest absolute Gasteiger partial charge is 0.391 e. The molecule has 1 saturated heterocycles. The standard InChI is InChI=1S/C9H14O4/c1-6(2)3-4-12-7-5-8(10)13-9(7)11/h6-7H,3-5H2,1-2H3. The van der Waals surface area contributed by atoms with Gasteiger partial charge in [-0.1, -0.05) is 13.8 Å². The van der Waals surface area contributed by atoms with Crippen LogP contribution in [0.4, 0.5) is 0 Å². The number of hydrogen-bond donors (Lipinski definition) is 0. The molecule has 1 aliphatic heterocycles. The average Bonchev–Trinajstić information content (AvgIpc) is 2.29. The van der Waals surface area contributed by atoms with E-state index < -0.39 is 18.0 Å². The highest BCUT2D eigenvalue weighted by molar-refractivity contribution is 5.96. The van der Waals surface area contributed by atoms with Gasteiger partial charge in [0.05, 0.1) is 6.42 Å². The van der Waals surface area contributed by atoms with Gasteiger partial charge < -0.3 is 9.47 Å². The topological polar surface area (TPSA) is 52.6 Å². The third-order valence-electron chi connectivity index (χ3n) is 1.84. The van der Waals surface area contributed by atoms with E-state index in [0.29, 0.717) is 12.5 Å². The molecule has 0 radical (unpaired) electrons. The molecule has 1 unspecified atom stereocenters. The zero-order valence-corrected chi connectivity index (χ0v) is 7.91. The minimum atomic E-state index is -0.661. The summed E-state index contributed by atoms with van der Waals surface area (Å²) in [5.74, 6) is -0.499. The fraction of sp³-hybridized carbons (Fsp3) is 0.778. The summed E-state index contributed by atoms with van der Waals surface area (Å²) in [6, 6.07) is 0. The Bertz CT molecular complexity index is 210. The first kappa shape index (κ1) is 10.2. The van der Waals surface area contributed by atoms with Gasteiger partial charge >= 0.3 is 11.9 Å². The molecule has 1 fully saturated rings. The lowest BCUT2D eigenvalue weighted by molar-refractivity contribution is -0.155. The van der Waals surface area contributed by atoms with Crippen LogP contribution >= 0.6 is 0 Å². The second kappa shape index (κ2) is 4.37. The van der Waals surface area contributed by atoms with Crippen molar-refractivity contribution in [3.05, 3.63) is 0 Å². The molecule has 1 rings (SSSR count). The van der Waals surface area contributed by atoms with Crippen LogP contribution in [0.2, 0.25) is 0 Å². The molecule has 1 heterocycles. The summed E-state index contributed by atoms with van der Waals surface area (Å²) in [6.07, 6.45) is 0.292. The Labute approximate surface area is 77.2 Å². The molecule has 4 nitrogen and oxygen atoms in total. The van der Waals surface area contributed by atoms with Crippen LogP contribution in [-0.2, 0) is 19.1 Å². The van der Waals surface area contributed by atoms with Crippen molar-refractivity contribution < 1.29 is 19.1 Å². The van der Waals surface area contributed by atoms with Crippen molar-refractivity contribution in [3.63, 3.8) is 0 Å². The van der Waals surface area contributed by atoms with Gasteiger partial charge in [-0.15, -0.1) is 0 Å². The molecule has 1 aliphatic rings. The fourth-order valence-corrected chi connectivity index (χ4v) is 1.03. The van der Waals surface area contributed by atoms with Crippen LogP contribution in [0.3, 0.4) is 0 Å². The van der Waals surface area contributed by atoms with Crippen molar-refractivity contribution in [3.8, 4) is 0 Å². The number of carbonyl (C=O) groups excluding carboxylic acids is 2. The van der Waals surface area contributed by atoms with Crippen LogP contribution in [0.15, 0.2) is 0 Å². The summed E-state index contributed by atoms with van der Waals surface area (Å²) in [5.41, 5.74) is 0. The van der Waals surface area contributed by atoms with Crippen LogP contribution in [-0.4, -0.2) is 24.6 Å². The van der Waals surface area contributed by atoms with Crippen LogP contribution in [0, 0.1) is 5.92 Å². The van der Waals surface area contributed by atoms with E-state index in [2.05, 4.69) is 18.6 Å². The summed E-state index contributed by atoms with van der Waals surface area (Å²) < 4.78 is 9.53. The van der Waals surface area contributed by atoms with Crippen molar-refractivity contribution in [2.45, 2.75) is 32.8 Å². The Kier molecular flexibility index (Phi) is 3.42. The first-order chi connectivity index (χ1) is 6.09. The summed E-state index contributed by atoms with van der Waals surface area (Å²) in [4.78, 5) is 21.5. The highest BCUT2D eigenvalue weighted by Crippen LogP contribution is 2.12. The van der Waals surface area contributed by atoms with Crippen molar-refractivity contribution in [2.75, 3.05) is 6.61 Å². The molecule has 74 valence electrons. The number of esters is 2. The van der Waals surface area contributed by atoms with Gasteiger partial charge in [-0.2, -0.15) is 0 Å². The van der Waals surface area contributed by atoms with Crippen molar-refractivity contribution >= 4 is 11.9 Å². The smallest absolute Gasteiger partial charge is 0.343 e. The van der Waals surface area contributed by atoms with Gasteiger partial charge in [0.25, 0.3) is 0 Å². The van der Waals surface area contributed by atoms with Crippen LogP contribution in [0.1, 0.15) is 26.7 Å². The molecule has 4 heteroatoms. The van der Waals surface area contributed by atoms with Gasteiger partial charge in [0.15, 0.2) is 6.10 Å². The molecule has 1 atom stereocenters. The normalized spacial score (nSPS) is 22.5. The number of ether oxygens (including phenoxy) is 2. The third kappa shape index (κ3) is 3.14. The second-order valence-corrected chi connectivity index (χ2v) is 3.54.